The van der Waals surface area contributed by atoms with Gasteiger partial charge >= 0.3 is 11.8 Å². The summed E-state index contributed by atoms with van der Waals surface area (Å²) in [6.07, 6.45) is 0.534. The summed E-state index contributed by atoms with van der Waals surface area (Å²) >= 11 is 0. The third-order valence-electron chi connectivity index (χ3n) is 2.53. The van der Waals surface area contributed by atoms with E-state index in [2.05, 4.69) is 10.6 Å². The highest BCUT2D eigenvalue weighted by Gasteiger charge is 2.17. The van der Waals surface area contributed by atoms with E-state index in [0.717, 1.165) is 0 Å². The summed E-state index contributed by atoms with van der Waals surface area (Å²) in [6, 6.07) is 7.67. The first-order chi connectivity index (χ1) is 9.10. The minimum absolute atomic E-state index is 0.216. The lowest BCUT2D eigenvalue weighted by atomic mass is 10.2. The zero-order valence-corrected chi connectivity index (χ0v) is 10.5. The van der Waals surface area contributed by atoms with Crippen molar-refractivity contribution in [2.75, 3.05) is 11.9 Å². The highest BCUT2D eigenvalue weighted by atomic mass is 16.3. The molecule has 0 aromatic heterocycles. The summed E-state index contributed by atoms with van der Waals surface area (Å²) in [5, 5.41) is 22.4. The first-order valence-electron chi connectivity index (χ1n) is 5.83. The Morgan fingerprint density at radius 3 is 2.42 bits per heavy atom. The van der Waals surface area contributed by atoms with Crippen LogP contribution in [0.2, 0.25) is 0 Å². The third-order valence-corrected chi connectivity index (χ3v) is 2.53. The van der Waals surface area contributed by atoms with Crippen molar-refractivity contribution in [3.63, 3.8) is 0 Å². The SMILES string of the molecule is CCC(CO)NC(=O)C(=O)Nc1ccc(C#N)cc1. The van der Waals surface area contributed by atoms with Gasteiger partial charge in [0.15, 0.2) is 0 Å². The van der Waals surface area contributed by atoms with Crippen LogP contribution in [0, 0.1) is 11.3 Å². The highest BCUT2D eigenvalue weighted by molar-refractivity contribution is 6.39. The number of amides is 2. The van der Waals surface area contributed by atoms with Gasteiger partial charge in [-0.25, -0.2) is 0 Å². The molecule has 3 N–H and O–H groups in total. The van der Waals surface area contributed by atoms with Gasteiger partial charge in [0.1, 0.15) is 0 Å². The number of rotatable bonds is 4. The normalized spacial score (nSPS) is 11.2. The molecule has 1 atom stereocenters. The fraction of sp³-hybridized carbons (Fsp3) is 0.308. The molecule has 0 fully saturated rings. The molecule has 0 aliphatic heterocycles. The van der Waals surface area contributed by atoms with E-state index in [1.54, 1.807) is 6.92 Å². The number of benzene rings is 1. The maximum absolute atomic E-state index is 11.6. The molecule has 0 bridgehead atoms. The average Bonchev–Trinajstić information content (AvgIpc) is 2.45. The highest BCUT2D eigenvalue weighted by Crippen LogP contribution is 2.08. The smallest absolute Gasteiger partial charge is 0.313 e. The Morgan fingerprint density at radius 2 is 1.95 bits per heavy atom. The van der Waals surface area contributed by atoms with E-state index in [1.165, 1.54) is 24.3 Å². The Labute approximate surface area is 111 Å². The molecule has 19 heavy (non-hydrogen) atoms. The van der Waals surface area contributed by atoms with Crippen molar-refractivity contribution in [2.45, 2.75) is 19.4 Å². The Balaban J connectivity index is 2.58. The first kappa shape index (κ1) is 14.7. The summed E-state index contributed by atoms with van der Waals surface area (Å²) in [4.78, 5) is 23.1. The quantitative estimate of drug-likeness (QED) is 0.682. The number of nitrogens with zero attached hydrogens (tertiary/aromatic N) is 1. The van der Waals surface area contributed by atoms with Gasteiger partial charge in [-0.1, -0.05) is 6.92 Å². The molecule has 100 valence electrons. The molecule has 1 aromatic carbocycles. The summed E-state index contributed by atoms with van der Waals surface area (Å²) in [6.45, 7) is 1.58. The molecule has 1 aromatic rings. The average molecular weight is 261 g/mol. The lowest BCUT2D eigenvalue weighted by Crippen LogP contribution is -2.43. The number of nitriles is 1. The predicted molar refractivity (Wildman–Crippen MR) is 69.1 cm³/mol. The van der Waals surface area contributed by atoms with Crippen LogP contribution >= 0.6 is 0 Å². The van der Waals surface area contributed by atoms with Crippen molar-refractivity contribution in [1.82, 2.24) is 5.32 Å². The largest absolute Gasteiger partial charge is 0.394 e. The fourth-order valence-electron chi connectivity index (χ4n) is 1.34. The fourth-order valence-corrected chi connectivity index (χ4v) is 1.34. The van der Waals surface area contributed by atoms with E-state index >= 15 is 0 Å². The van der Waals surface area contributed by atoms with Gasteiger partial charge in [0, 0.05) is 5.69 Å². The van der Waals surface area contributed by atoms with Crippen LogP contribution in [0.25, 0.3) is 0 Å². The molecule has 0 saturated carbocycles. The Kier molecular flexibility index (Phi) is 5.51. The molecule has 0 radical (unpaired) electrons. The van der Waals surface area contributed by atoms with Crippen LogP contribution in [0.1, 0.15) is 18.9 Å². The van der Waals surface area contributed by atoms with Gasteiger partial charge in [-0.2, -0.15) is 5.26 Å². The molecule has 1 rings (SSSR count). The van der Waals surface area contributed by atoms with E-state index in [4.69, 9.17) is 10.4 Å². The Hall–Kier alpha value is -2.39. The van der Waals surface area contributed by atoms with Gasteiger partial charge in [-0.15, -0.1) is 0 Å². The standard InChI is InChI=1S/C13H15N3O3/c1-2-10(8-17)15-12(18)13(19)16-11-5-3-9(7-14)4-6-11/h3-6,10,17H,2,8H2,1H3,(H,15,18)(H,16,19). The second-order valence-corrected chi connectivity index (χ2v) is 3.90. The number of carbonyl (C=O) groups is 2. The molecule has 0 aliphatic carbocycles. The number of hydrogen-bond acceptors (Lipinski definition) is 4. The van der Waals surface area contributed by atoms with Gasteiger partial charge in [0.25, 0.3) is 0 Å². The summed E-state index contributed by atoms with van der Waals surface area (Å²) < 4.78 is 0. The third kappa shape index (κ3) is 4.41. The van der Waals surface area contributed by atoms with Crippen molar-refractivity contribution < 1.29 is 14.7 Å². The van der Waals surface area contributed by atoms with Crippen molar-refractivity contribution in [3.05, 3.63) is 29.8 Å². The Bertz CT molecular complexity index is 487. The first-order valence-corrected chi connectivity index (χ1v) is 5.83. The van der Waals surface area contributed by atoms with Gasteiger partial charge in [-0.3, -0.25) is 9.59 Å². The molecular weight excluding hydrogens is 246 g/mol. The van der Waals surface area contributed by atoms with E-state index < -0.39 is 17.9 Å². The van der Waals surface area contributed by atoms with Gasteiger partial charge < -0.3 is 15.7 Å². The lowest BCUT2D eigenvalue weighted by molar-refractivity contribution is -0.136. The number of anilines is 1. The van der Waals surface area contributed by atoms with Crippen molar-refractivity contribution in [3.8, 4) is 6.07 Å². The second kappa shape index (κ2) is 7.13. The molecule has 0 aliphatic rings. The van der Waals surface area contributed by atoms with E-state index in [-0.39, 0.29) is 6.61 Å². The molecule has 6 nitrogen and oxygen atoms in total. The molecule has 0 saturated heterocycles. The Morgan fingerprint density at radius 1 is 1.32 bits per heavy atom. The number of hydrogen-bond donors (Lipinski definition) is 3. The van der Waals surface area contributed by atoms with Crippen molar-refractivity contribution in [2.24, 2.45) is 0 Å². The number of aliphatic hydroxyl groups excluding tert-OH is 1. The minimum atomic E-state index is -0.809. The zero-order chi connectivity index (χ0) is 14.3. The van der Waals surface area contributed by atoms with E-state index in [0.29, 0.717) is 17.7 Å². The van der Waals surface area contributed by atoms with Crippen LogP contribution in [-0.4, -0.2) is 29.6 Å². The maximum Gasteiger partial charge on any atom is 0.313 e. The van der Waals surface area contributed by atoms with Crippen LogP contribution in [0.15, 0.2) is 24.3 Å². The predicted octanol–water partition coefficient (Wildman–Crippen LogP) is 0.384. The van der Waals surface area contributed by atoms with Gasteiger partial charge in [0.2, 0.25) is 0 Å². The lowest BCUT2D eigenvalue weighted by Gasteiger charge is -2.13. The number of nitrogens with one attached hydrogen (secondary N) is 2. The zero-order valence-electron chi connectivity index (χ0n) is 10.5. The monoisotopic (exact) mass is 261 g/mol. The second-order valence-electron chi connectivity index (χ2n) is 3.90. The minimum Gasteiger partial charge on any atom is -0.394 e. The van der Waals surface area contributed by atoms with Crippen LogP contribution in [0.5, 0.6) is 0 Å². The van der Waals surface area contributed by atoms with Crippen LogP contribution in [-0.2, 0) is 9.59 Å². The van der Waals surface area contributed by atoms with E-state index in [9.17, 15) is 9.59 Å². The molecule has 0 spiro atoms. The molecule has 0 heterocycles. The van der Waals surface area contributed by atoms with E-state index in [1.807, 2.05) is 6.07 Å². The molecule has 2 amide bonds. The van der Waals surface area contributed by atoms with Crippen molar-refractivity contribution in [1.29, 1.82) is 5.26 Å². The van der Waals surface area contributed by atoms with Gasteiger partial charge in [0.05, 0.1) is 24.3 Å². The van der Waals surface area contributed by atoms with Crippen LogP contribution in [0.3, 0.4) is 0 Å². The molecular formula is C13H15N3O3. The molecule has 6 heteroatoms. The number of aliphatic hydroxyl groups is 1. The summed E-state index contributed by atoms with van der Waals surface area (Å²) in [7, 11) is 0. The van der Waals surface area contributed by atoms with Gasteiger partial charge in [-0.05, 0) is 30.7 Å². The molecule has 1 unspecified atom stereocenters. The van der Waals surface area contributed by atoms with Crippen molar-refractivity contribution >= 4 is 17.5 Å². The van der Waals surface area contributed by atoms with Crippen LogP contribution in [0.4, 0.5) is 5.69 Å². The maximum atomic E-state index is 11.6. The summed E-state index contributed by atoms with van der Waals surface area (Å²) in [5.74, 6) is -1.61. The summed E-state index contributed by atoms with van der Waals surface area (Å²) in [5.41, 5.74) is 0.893. The van der Waals surface area contributed by atoms with Crippen LogP contribution < -0.4 is 10.6 Å². The topological polar surface area (TPSA) is 102 Å². The number of carbonyl (C=O) groups excluding carboxylic acids is 2.